The molecule has 2 aromatic carbocycles. The highest BCUT2D eigenvalue weighted by atomic mass is 35.5. The zero-order valence-electron chi connectivity index (χ0n) is 18.1. The van der Waals surface area contributed by atoms with Crippen LogP contribution in [0.25, 0.3) is 10.9 Å². The summed E-state index contributed by atoms with van der Waals surface area (Å²) in [6.07, 6.45) is -3.17. The minimum absolute atomic E-state index is 0.0283. The number of aromatic nitrogens is 1. The first-order valence-corrected chi connectivity index (χ1v) is 12.1. The fraction of sp³-hybridized carbons (Fsp3) is 0.174. The Bertz CT molecular complexity index is 1570. The maximum absolute atomic E-state index is 14.5. The van der Waals surface area contributed by atoms with Crippen LogP contribution in [-0.4, -0.2) is 36.6 Å². The molecule has 13 heteroatoms. The van der Waals surface area contributed by atoms with E-state index in [0.717, 1.165) is 24.6 Å². The molecule has 1 unspecified atom stereocenters. The first-order valence-electron chi connectivity index (χ1n) is 10.2. The lowest BCUT2D eigenvalue weighted by molar-refractivity contribution is -0.138. The number of hydrogen-bond acceptors (Lipinski definition) is 5. The molecule has 0 radical (unpaired) electrons. The molecule has 0 fully saturated rings. The van der Waals surface area contributed by atoms with E-state index in [4.69, 9.17) is 11.6 Å². The molecule has 0 saturated heterocycles. The zero-order valence-corrected chi connectivity index (χ0v) is 19.6. The standard InChI is InChI=1S/C23H16ClF4N3O4S/c24-14-4-2-13(3-5-14)10-30-21(33)17-11-29-19-16(20(17)32)8-15(25)9-18(19)36(34,35)22(6-1-7-31-22)12-23(26,27)28/h1-9,11H,10,12H2,(H,29,32)(H,30,33). The summed E-state index contributed by atoms with van der Waals surface area (Å²) in [5, 5.41) is 2.47. The number of hydrogen-bond donors (Lipinski definition) is 2. The van der Waals surface area contributed by atoms with Gasteiger partial charge in [-0.2, -0.15) is 13.2 Å². The quantitative estimate of drug-likeness (QED) is 0.453. The number of aliphatic imine (C=N–C) groups is 1. The van der Waals surface area contributed by atoms with Crippen LogP contribution in [0.15, 0.2) is 69.4 Å². The van der Waals surface area contributed by atoms with E-state index in [9.17, 15) is 35.6 Å². The molecular formula is C23H16ClF4N3O4S. The Morgan fingerprint density at radius 2 is 1.86 bits per heavy atom. The van der Waals surface area contributed by atoms with Crippen molar-refractivity contribution in [2.45, 2.75) is 28.9 Å². The van der Waals surface area contributed by atoms with Crippen LogP contribution >= 0.6 is 11.6 Å². The predicted octanol–water partition coefficient (Wildman–Crippen LogP) is 4.31. The molecule has 1 atom stereocenters. The van der Waals surface area contributed by atoms with Gasteiger partial charge >= 0.3 is 6.18 Å². The normalized spacial score (nSPS) is 17.6. The molecular weight excluding hydrogens is 526 g/mol. The number of nitrogens with one attached hydrogen (secondary N) is 2. The van der Waals surface area contributed by atoms with Crippen molar-refractivity contribution < 1.29 is 30.8 Å². The molecule has 36 heavy (non-hydrogen) atoms. The summed E-state index contributed by atoms with van der Waals surface area (Å²) in [4.78, 5) is 28.0. The van der Waals surface area contributed by atoms with Gasteiger partial charge in [0.2, 0.25) is 15.3 Å². The van der Waals surface area contributed by atoms with Gasteiger partial charge in [-0.1, -0.05) is 23.7 Å². The lowest BCUT2D eigenvalue weighted by Crippen LogP contribution is -2.38. The molecule has 1 aliphatic heterocycles. The Morgan fingerprint density at radius 3 is 2.47 bits per heavy atom. The third kappa shape index (κ3) is 4.78. The number of allylic oxidation sites excluding steroid dienone is 1. The first-order chi connectivity index (χ1) is 16.8. The fourth-order valence-electron chi connectivity index (χ4n) is 3.77. The number of halogens is 5. The van der Waals surface area contributed by atoms with E-state index >= 15 is 0 Å². The molecule has 0 bridgehead atoms. The first kappa shape index (κ1) is 25.6. The Morgan fingerprint density at radius 1 is 1.17 bits per heavy atom. The number of nitrogens with zero attached hydrogens (tertiary/aromatic N) is 1. The average molecular weight is 542 g/mol. The van der Waals surface area contributed by atoms with Crippen molar-refractivity contribution in [2.24, 2.45) is 4.99 Å². The van der Waals surface area contributed by atoms with Crippen molar-refractivity contribution in [1.82, 2.24) is 10.3 Å². The topological polar surface area (TPSA) is 108 Å². The molecule has 0 saturated carbocycles. The Kier molecular flexibility index (Phi) is 6.52. The van der Waals surface area contributed by atoms with Crippen molar-refractivity contribution in [3.05, 3.63) is 86.9 Å². The summed E-state index contributed by atoms with van der Waals surface area (Å²) in [5.74, 6) is -2.03. The van der Waals surface area contributed by atoms with Crippen LogP contribution in [0.5, 0.6) is 0 Å². The monoisotopic (exact) mass is 541 g/mol. The maximum Gasteiger partial charge on any atom is 0.392 e. The highest BCUT2D eigenvalue weighted by molar-refractivity contribution is 7.93. The van der Waals surface area contributed by atoms with Gasteiger partial charge in [-0.25, -0.2) is 12.8 Å². The number of fused-ring (bicyclic) bond motifs is 1. The van der Waals surface area contributed by atoms with E-state index in [1.807, 2.05) is 0 Å². The predicted molar refractivity (Wildman–Crippen MR) is 125 cm³/mol. The minimum atomic E-state index is -5.01. The van der Waals surface area contributed by atoms with Gasteiger partial charge in [-0.3, -0.25) is 14.6 Å². The fourth-order valence-corrected chi connectivity index (χ4v) is 5.79. The Balaban J connectivity index is 1.76. The Labute approximate surface area is 206 Å². The van der Waals surface area contributed by atoms with Crippen molar-refractivity contribution in [3.63, 3.8) is 0 Å². The molecule has 4 rings (SSSR count). The van der Waals surface area contributed by atoms with Gasteiger partial charge in [-0.05, 0) is 42.0 Å². The van der Waals surface area contributed by atoms with Crippen molar-refractivity contribution in [2.75, 3.05) is 0 Å². The van der Waals surface area contributed by atoms with Crippen LogP contribution in [0.4, 0.5) is 17.6 Å². The van der Waals surface area contributed by atoms with Gasteiger partial charge < -0.3 is 10.3 Å². The number of aromatic amines is 1. The summed E-state index contributed by atoms with van der Waals surface area (Å²) in [6.45, 7) is 0.0283. The number of carbonyl (C=O) groups excluding carboxylic acids is 1. The van der Waals surface area contributed by atoms with Gasteiger partial charge in [0, 0.05) is 24.0 Å². The zero-order chi connectivity index (χ0) is 26.3. The summed E-state index contributed by atoms with van der Waals surface area (Å²) < 4.78 is 81.0. The second kappa shape index (κ2) is 9.17. The van der Waals surface area contributed by atoms with E-state index in [1.54, 1.807) is 24.3 Å². The molecule has 1 aliphatic rings. The van der Waals surface area contributed by atoms with Crippen LogP contribution < -0.4 is 10.7 Å². The molecule has 3 aromatic rings. The number of sulfone groups is 1. The van der Waals surface area contributed by atoms with Gasteiger partial charge in [0.1, 0.15) is 11.4 Å². The minimum Gasteiger partial charge on any atom is -0.359 e. The number of benzene rings is 2. The van der Waals surface area contributed by atoms with Crippen LogP contribution in [0.3, 0.4) is 0 Å². The lowest BCUT2D eigenvalue weighted by Gasteiger charge is -2.26. The highest BCUT2D eigenvalue weighted by Crippen LogP contribution is 2.41. The number of pyridine rings is 1. The van der Waals surface area contributed by atoms with Crippen molar-refractivity contribution in [3.8, 4) is 0 Å². The number of H-pyrrole nitrogens is 1. The number of amides is 1. The molecule has 0 spiro atoms. The molecule has 0 aliphatic carbocycles. The van der Waals surface area contributed by atoms with Gasteiger partial charge in [0.25, 0.3) is 5.91 Å². The second-order valence-corrected chi connectivity index (χ2v) is 10.5. The van der Waals surface area contributed by atoms with Crippen LogP contribution in [0, 0.1) is 5.82 Å². The molecule has 2 N–H and O–H groups in total. The summed E-state index contributed by atoms with van der Waals surface area (Å²) >= 11 is 5.81. The largest absolute Gasteiger partial charge is 0.392 e. The third-order valence-corrected chi connectivity index (χ3v) is 7.94. The SMILES string of the molecule is O=C(NCc1ccc(Cl)cc1)c1c[nH]c2c(S(=O)(=O)C3(CC(F)(F)F)C=CC=N3)cc(F)cc2c1=O. The Hall–Kier alpha value is -3.51. The highest BCUT2D eigenvalue weighted by Gasteiger charge is 2.52. The summed E-state index contributed by atoms with van der Waals surface area (Å²) in [7, 11) is -5.01. The van der Waals surface area contributed by atoms with E-state index in [2.05, 4.69) is 15.3 Å². The molecule has 1 amide bonds. The number of carbonyl (C=O) groups is 1. The smallest absolute Gasteiger partial charge is 0.359 e. The number of alkyl halides is 3. The molecule has 7 nitrogen and oxygen atoms in total. The van der Waals surface area contributed by atoms with E-state index in [0.29, 0.717) is 22.7 Å². The average Bonchev–Trinajstić information content (AvgIpc) is 3.27. The van der Waals surface area contributed by atoms with Crippen LogP contribution in [0.1, 0.15) is 22.3 Å². The second-order valence-electron chi connectivity index (χ2n) is 7.94. The summed E-state index contributed by atoms with van der Waals surface area (Å²) in [6, 6.07) is 7.71. The van der Waals surface area contributed by atoms with E-state index in [1.165, 1.54) is 0 Å². The van der Waals surface area contributed by atoms with E-state index in [-0.39, 0.29) is 6.54 Å². The summed E-state index contributed by atoms with van der Waals surface area (Å²) in [5.41, 5.74) is -1.24. The third-order valence-electron chi connectivity index (χ3n) is 5.47. The van der Waals surface area contributed by atoms with Crippen LogP contribution in [0.2, 0.25) is 5.02 Å². The van der Waals surface area contributed by atoms with Gasteiger partial charge in [0.15, 0.2) is 4.87 Å². The molecule has 188 valence electrons. The number of rotatable bonds is 6. The molecule has 1 aromatic heterocycles. The molecule has 2 heterocycles. The van der Waals surface area contributed by atoms with Gasteiger partial charge in [-0.15, -0.1) is 0 Å². The van der Waals surface area contributed by atoms with E-state index < -0.39 is 65.8 Å². The van der Waals surface area contributed by atoms with Crippen molar-refractivity contribution in [1.29, 1.82) is 0 Å². The van der Waals surface area contributed by atoms with Crippen molar-refractivity contribution >= 4 is 44.5 Å². The van der Waals surface area contributed by atoms with Crippen LogP contribution in [-0.2, 0) is 16.4 Å². The lowest BCUT2D eigenvalue weighted by atomic mass is 10.1. The maximum atomic E-state index is 14.5. The van der Waals surface area contributed by atoms with Gasteiger partial charge in [0.05, 0.1) is 22.2 Å².